The number of rotatable bonds is 3. The van der Waals surface area contributed by atoms with E-state index in [1.165, 1.54) is 12.1 Å². The van der Waals surface area contributed by atoms with Crippen molar-refractivity contribution in [1.82, 2.24) is 0 Å². The van der Waals surface area contributed by atoms with Gasteiger partial charge in [-0.2, -0.15) is 0 Å². The number of hydrogen-bond acceptors (Lipinski definition) is 2. The predicted molar refractivity (Wildman–Crippen MR) is 76.1 cm³/mol. The molecule has 0 aliphatic rings. The van der Waals surface area contributed by atoms with E-state index in [2.05, 4.69) is 0 Å². The standard InChI is InChI=1S/C16H18FNO/c1-11-4-9-15(16(19)10-11)12(2)18(3)14-7-5-13(17)6-8-14/h4-10,12,19H,1-3H3. The van der Waals surface area contributed by atoms with Crippen LogP contribution in [0, 0.1) is 12.7 Å². The van der Waals surface area contributed by atoms with Crippen LogP contribution in [-0.2, 0) is 0 Å². The Labute approximate surface area is 113 Å². The maximum absolute atomic E-state index is 12.9. The van der Waals surface area contributed by atoms with Crippen molar-refractivity contribution in [2.45, 2.75) is 19.9 Å². The highest BCUT2D eigenvalue weighted by molar-refractivity contribution is 5.50. The Bertz CT molecular complexity index is 565. The number of phenolic OH excluding ortho intramolecular Hbond substituents is 1. The van der Waals surface area contributed by atoms with Crippen molar-refractivity contribution in [1.29, 1.82) is 0 Å². The van der Waals surface area contributed by atoms with Crippen molar-refractivity contribution >= 4 is 5.69 Å². The lowest BCUT2D eigenvalue weighted by atomic mass is 10.0. The molecule has 2 aromatic rings. The number of nitrogens with zero attached hydrogens (tertiary/aromatic N) is 1. The molecule has 0 aliphatic carbocycles. The predicted octanol–water partition coefficient (Wildman–Crippen LogP) is 4.04. The molecule has 2 nitrogen and oxygen atoms in total. The normalized spacial score (nSPS) is 12.2. The van der Waals surface area contributed by atoms with Crippen LogP contribution in [0.15, 0.2) is 42.5 Å². The van der Waals surface area contributed by atoms with E-state index in [0.717, 1.165) is 16.8 Å². The van der Waals surface area contributed by atoms with Crippen LogP contribution in [-0.4, -0.2) is 12.2 Å². The van der Waals surface area contributed by atoms with Gasteiger partial charge in [0, 0.05) is 18.3 Å². The first-order valence-corrected chi connectivity index (χ1v) is 6.27. The maximum atomic E-state index is 12.9. The maximum Gasteiger partial charge on any atom is 0.123 e. The summed E-state index contributed by atoms with van der Waals surface area (Å²) < 4.78 is 12.9. The van der Waals surface area contributed by atoms with Crippen molar-refractivity contribution < 1.29 is 9.50 Å². The number of aromatic hydroxyl groups is 1. The molecule has 0 saturated heterocycles. The van der Waals surface area contributed by atoms with E-state index in [-0.39, 0.29) is 11.9 Å². The van der Waals surface area contributed by atoms with E-state index in [1.807, 2.05) is 37.9 Å². The Morgan fingerprint density at radius 1 is 1.11 bits per heavy atom. The molecule has 0 fully saturated rings. The highest BCUT2D eigenvalue weighted by Crippen LogP contribution is 2.31. The Morgan fingerprint density at radius 3 is 2.32 bits per heavy atom. The molecule has 0 spiro atoms. The van der Waals surface area contributed by atoms with Crippen LogP contribution in [0.1, 0.15) is 24.1 Å². The monoisotopic (exact) mass is 259 g/mol. The number of halogens is 1. The summed E-state index contributed by atoms with van der Waals surface area (Å²) in [5.74, 6) is 0.0458. The Kier molecular flexibility index (Phi) is 3.74. The van der Waals surface area contributed by atoms with Gasteiger partial charge < -0.3 is 10.0 Å². The van der Waals surface area contributed by atoms with Gasteiger partial charge in [-0.3, -0.25) is 0 Å². The van der Waals surface area contributed by atoms with Gasteiger partial charge in [-0.15, -0.1) is 0 Å². The summed E-state index contributed by atoms with van der Waals surface area (Å²) >= 11 is 0. The quantitative estimate of drug-likeness (QED) is 0.899. The second kappa shape index (κ2) is 5.31. The average molecular weight is 259 g/mol. The van der Waals surface area contributed by atoms with Gasteiger partial charge in [0.15, 0.2) is 0 Å². The lowest BCUT2D eigenvalue weighted by molar-refractivity contribution is 0.462. The number of hydrogen-bond donors (Lipinski definition) is 1. The van der Waals surface area contributed by atoms with E-state index >= 15 is 0 Å². The summed E-state index contributed by atoms with van der Waals surface area (Å²) in [6.07, 6.45) is 0. The lowest BCUT2D eigenvalue weighted by Gasteiger charge is -2.28. The molecule has 3 heteroatoms. The van der Waals surface area contributed by atoms with Gasteiger partial charge in [0.25, 0.3) is 0 Å². The van der Waals surface area contributed by atoms with Crippen LogP contribution in [0.5, 0.6) is 5.75 Å². The molecule has 1 unspecified atom stereocenters. The van der Waals surface area contributed by atoms with Crippen LogP contribution in [0.3, 0.4) is 0 Å². The van der Waals surface area contributed by atoms with E-state index < -0.39 is 0 Å². The highest BCUT2D eigenvalue weighted by atomic mass is 19.1. The van der Waals surface area contributed by atoms with Crippen molar-refractivity contribution in [3.63, 3.8) is 0 Å². The zero-order valence-corrected chi connectivity index (χ0v) is 11.4. The first kappa shape index (κ1) is 13.4. The third kappa shape index (κ3) is 2.87. The first-order chi connectivity index (χ1) is 8.99. The molecule has 2 aromatic carbocycles. The fourth-order valence-electron chi connectivity index (χ4n) is 2.12. The molecule has 19 heavy (non-hydrogen) atoms. The minimum atomic E-state index is -0.247. The number of benzene rings is 2. The van der Waals surface area contributed by atoms with Crippen LogP contribution in [0.2, 0.25) is 0 Å². The molecule has 2 rings (SSSR count). The van der Waals surface area contributed by atoms with E-state index in [4.69, 9.17) is 0 Å². The third-order valence-corrected chi connectivity index (χ3v) is 3.45. The molecule has 1 N–H and O–H groups in total. The molecule has 0 aliphatic heterocycles. The highest BCUT2D eigenvalue weighted by Gasteiger charge is 2.15. The van der Waals surface area contributed by atoms with Gasteiger partial charge >= 0.3 is 0 Å². The van der Waals surface area contributed by atoms with Crippen molar-refractivity contribution in [3.8, 4) is 5.75 Å². The average Bonchev–Trinajstić information content (AvgIpc) is 2.38. The minimum absolute atomic E-state index is 0.00561. The Morgan fingerprint density at radius 2 is 1.74 bits per heavy atom. The topological polar surface area (TPSA) is 23.5 Å². The van der Waals surface area contributed by atoms with Crippen LogP contribution in [0.4, 0.5) is 10.1 Å². The van der Waals surface area contributed by atoms with Crippen molar-refractivity contribution in [2.24, 2.45) is 0 Å². The van der Waals surface area contributed by atoms with E-state index in [0.29, 0.717) is 5.75 Å². The van der Waals surface area contributed by atoms with Crippen LogP contribution < -0.4 is 4.90 Å². The largest absolute Gasteiger partial charge is 0.508 e. The molecule has 0 aromatic heterocycles. The third-order valence-electron chi connectivity index (χ3n) is 3.45. The lowest BCUT2D eigenvalue weighted by Crippen LogP contribution is -2.21. The van der Waals surface area contributed by atoms with Gasteiger partial charge in [0.2, 0.25) is 0 Å². The zero-order chi connectivity index (χ0) is 14.0. The van der Waals surface area contributed by atoms with E-state index in [9.17, 15) is 9.50 Å². The Hall–Kier alpha value is -2.03. The summed E-state index contributed by atoms with van der Waals surface area (Å²) in [7, 11) is 1.93. The molecule has 0 amide bonds. The van der Waals surface area contributed by atoms with E-state index in [1.54, 1.807) is 18.2 Å². The molecule has 100 valence electrons. The molecule has 0 heterocycles. The SMILES string of the molecule is Cc1ccc(C(C)N(C)c2ccc(F)cc2)c(O)c1. The summed E-state index contributed by atoms with van der Waals surface area (Å²) in [4.78, 5) is 2.00. The van der Waals surface area contributed by atoms with Crippen LogP contribution in [0.25, 0.3) is 0 Å². The van der Waals surface area contributed by atoms with Gasteiger partial charge in [0.1, 0.15) is 11.6 Å². The fourth-order valence-corrected chi connectivity index (χ4v) is 2.12. The smallest absolute Gasteiger partial charge is 0.123 e. The van der Waals surface area contributed by atoms with Crippen molar-refractivity contribution in [2.75, 3.05) is 11.9 Å². The zero-order valence-electron chi connectivity index (χ0n) is 11.4. The number of aryl methyl sites for hydroxylation is 1. The van der Waals surface area contributed by atoms with Crippen molar-refractivity contribution in [3.05, 3.63) is 59.4 Å². The fraction of sp³-hybridized carbons (Fsp3) is 0.250. The number of phenols is 1. The minimum Gasteiger partial charge on any atom is -0.508 e. The molecular formula is C16H18FNO. The van der Waals surface area contributed by atoms with Gasteiger partial charge in [0.05, 0.1) is 6.04 Å². The second-order valence-corrected chi connectivity index (χ2v) is 4.83. The molecule has 0 bridgehead atoms. The summed E-state index contributed by atoms with van der Waals surface area (Å²) in [5.41, 5.74) is 2.80. The molecule has 0 radical (unpaired) electrons. The van der Waals surface area contributed by atoms with Gasteiger partial charge in [-0.25, -0.2) is 4.39 Å². The summed E-state index contributed by atoms with van der Waals surface area (Å²) in [5, 5.41) is 10.0. The first-order valence-electron chi connectivity index (χ1n) is 6.27. The second-order valence-electron chi connectivity index (χ2n) is 4.83. The summed E-state index contributed by atoms with van der Waals surface area (Å²) in [6.45, 7) is 3.95. The molecule has 0 saturated carbocycles. The Balaban J connectivity index is 2.27. The molecular weight excluding hydrogens is 241 g/mol. The van der Waals surface area contributed by atoms with Gasteiger partial charge in [-0.05, 0) is 49.7 Å². The number of anilines is 1. The molecule has 1 atom stereocenters. The van der Waals surface area contributed by atoms with Gasteiger partial charge in [-0.1, -0.05) is 12.1 Å². The summed E-state index contributed by atoms with van der Waals surface area (Å²) in [6, 6.07) is 12.0. The van der Waals surface area contributed by atoms with Crippen LogP contribution >= 0.6 is 0 Å².